The van der Waals surface area contributed by atoms with E-state index in [4.69, 9.17) is 0 Å². The Kier molecular flexibility index (Phi) is 1.42. The van der Waals surface area contributed by atoms with E-state index >= 15 is 0 Å². The number of carbonyl (C=O) groups excluding carboxylic acids is 1. The largest absolute Gasteiger partial charge is 0.341 e. The molecular weight excluding hydrogens is 160 g/mol. The molecule has 1 aliphatic heterocycles. The van der Waals surface area contributed by atoms with E-state index in [0.717, 1.165) is 23.5 Å². The number of aromatic nitrogens is 1. The third-order valence-electron chi connectivity index (χ3n) is 1.87. The first kappa shape index (κ1) is 6.79. The van der Waals surface area contributed by atoms with Crippen molar-refractivity contribution in [3.05, 3.63) is 16.1 Å². The van der Waals surface area contributed by atoms with Gasteiger partial charge in [-0.2, -0.15) is 0 Å². The van der Waals surface area contributed by atoms with Crippen molar-refractivity contribution in [3.63, 3.8) is 0 Å². The van der Waals surface area contributed by atoms with E-state index in [1.807, 2.05) is 7.05 Å². The van der Waals surface area contributed by atoms with Crippen LogP contribution in [0, 0.1) is 0 Å². The highest BCUT2D eigenvalue weighted by atomic mass is 32.1. The number of thiazole rings is 1. The van der Waals surface area contributed by atoms with Crippen molar-refractivity contribution < 1.29 is 4.79 Å². The summed E-state index contributed by atoms with van der Waals surface area (Å²) in [6.07, 6.45) is 0.904. The van der Waals surface area contributed by atoms with Crippen LogP contribution >= 0.6 is 11.3 Å². The van der Waals surface area contributed by atoms with Crippen LogP contribution in [0.2, 0.25) is 0 Å². The highest BCUT2D eigenvalue weighted by Gasteiger charge is 2.23. The minimum atomic E-state index is 0.119. The number of amides is 1. The molecule has 0 fully saturated rings. The standard InChI is InChI=1S/C7H8N2OS/c1-9-3-2-5-6(7(9)10)11-4-8-5/h4H,2-3H2,1H3. The van der Waals surface area contributed by atoms with E-state index in [1.165, 1.54) is 11.3 Å². The topological polar surface area (TPSA) is 33.2 Å². The molecule has 0 aromatic carbocycles. The Morgan fingerprint density at radius 1 is 1.73 bits per heavy atom. The highest BCUT2D eigenvalue weighted by Crippen LogP contribution is 2.20. The van der Waals surface area contributed by atoms with E-state index in [9.17, 15) is 4.79 Å². The minimum Gasteiger partial charge on any atom is -0.341 e. The van der Waals surface area contributed by atoms with Crippen LogP contribution in [0.25, 0.3) is 0 Å². The van der Waals surface area contributed by atoms with E-state index in [0.29, 0.717) is 0 Å². The van der Waals surface area contributed by atoms with Crippen LogP contribution in [0.15, 0.2) is 5.51 Å². The molecule has 4 heteroatoms. The summed E-state index contributed by atoms with van der Waals surface area (Å²) in [5.41, 5.74) is 2.71. The molecule has 0 bridgehead atoms. The van der Waals surface area contributed by atoms with E-state index in [2.05, 4.69) is 4.98 Å². The Labute approximate surface area is 68.7 Å². The van der Waals surface area contributed by atoms with Gasteiger partial charge in [-0.25, -0.2) is 4.98 Å². The monoisotopic (exact) mass is 168 g/mol. The third kappa shape index (κ3) is 0.939. The zero-order valence-corrected chi connectivity index (χ0v) is 7.02. The molecule has 58 valence electrons. The highest BCUT2D eigenvalue weighted by molar-refractivity contribution is 7.11. The molecule has 0 unspecified atom stereocenters. The molecule has 3 nitrogen and oxygen atoms in total. The van der Waals surface area contributed by atoms with Crippen LogP contribution in [0.4, 0.5) is 0 Å². The summed E-state index contributed by atoms with van der Waals surface area (Å²) in [6, 6.07) is 0. The maximum Gasteiger partial charge on any atom is 0.265 e. The van der Waals surface area contributed by atoms with Gasteiger partial charge in [-0.05, 0) is 0 Å². The normalized spacial score (nSPS) is 16.8. The smallest absolute Gasteiger partial charge is 0.265 e. The lowest BCUT2D eigenvalue weighted by molar-refractivity contribution is 0.0785. The fourth-order valence-corrected chi connectivity index (χ4v) is 2.00. The van der Waals surface area contributed by atoms with Gasteiger partial charge in [-0.1, -0.05) is 0 Å². The summed E-state index contributed by atoms with van der Waals surface area (Å²) in [7, 11) is 1.82. The minimum absolute atomic E-state index is 0.119. The van der Waals surface area contributed by atoms with Crippen molar-refractivity contribution in [2.75, 3.05) is 13.6 Å². The van der Waals surface area contributed by atoms with Gasteiger partial charge < -0.3 is 4.90 Å². The molecule has 1 aliphatic rings. The van der Waals surface area contributed by atoms with Gasteiger partial charge in [-0.3, -0.25) is 4.79 Å². The Bertz CT molecular complexity index is 294. The summed E-state index contributed by atoms with van der Waals surface area (Å²) in [5.74, 6) is 0.119. The van der Waals surface area contributed by atoms with Crippen LogP contribution in [-0.2, 0) is 6.42 Å². The first-order chi connectivity index (χ1) is 5.29. The van der Waals surface area contributed by atoms with Gasteiger partial charge in [-0.15, -0.1) is 11.3 Å². The molecule has 0 saturated carbocycles. The van der Waals surface area contributed by atoms with Crippen molar-refractivity contribution in [3.8, 4) is 0 Å². The lowest BCUT2D eigenvalue weighted by atomic mass is 10.2. The Hall–Kier alpha value is -0.900. The Morgan fingerprint density at radius 3 is 3.36 bits per heavy atom. The Morgan fingerprint density at radius 2 is 2.55 bits per heavy atom. The number of fused-ring (bicyclic) bond motifs is 1. The van der Waals surface area contributed by atoms with Gasteiger partial charge in [0, 0.05) is 20.0 Å². The fourth-order valence-electron chi connectivity index (χ4n) is 1.17. The molecular formula is C7H8N2OS. The second kappa shape index (κ2) is 2.30. The van der Waals surface area contributed by atoms with Crippen molar-refractivity contribution in [1.82, 2.24) is 9.88 Å². The first-order valence-corrected chi connectivity index (χ1v) is 4.35. The van der Waals surface area contributed by atoms with Crippen LogP contribution in [0.5, 0.6) is 0 Å². The molecule has 2 heterocycles. The number of hydrogen-bond donors (Lipinski definition) is 0. The van der Waals surface area contributed by atoms with E-state index in [-0.39, 0.29) is 5.91 Å². The van der Waals surface area contributed by atoms with E-state index < -0.39 is 0 Å². The van der Waals surface area contributed by atoms with Gasteiger partial charge in [0.1, 0.15) is 4.88 Å². The summed E-state index contributed by atoms with van der Waals surface area (Å²) in [6.45, 7) is 0.801. The number of likely N-dealkylation sites (N-methyl/N-ethyl adjacent to an activating group) is 1. The average Bonchev–Trinajstić information content (AvgIpc) is 2.45. The van der Waals surface area contributed by atoms with E-state index in [1.54, 1.807) is 10.4 Å². The number of carbonyl (C=O) groups is 1. The molecule has 0 saturated heterocycles. The number of hydrogen-bond acceptors (Lipinski definition) is 3. The molecule has 1 amide bonds. The van der Waals surface area contributed by atoms with Gasteiger partial charge >= 0.3 is 0 Å². The van der Waals surface area contributed by atoms with Crippen LogP contribution in [0.1, 0.15) is 15.4 Å². The molecule has 1 aromatic heterocycles. The van der Waals surface area contributed by atoms with Gasteiger partial charge in [0.2, 0.25) is 0 Å². The van der Waals surface area contributed by atoms with Crippen LogP contribution in [-0.4, -0.2) is 29.4 Å². The second-order valence-electron chi connectivity index (χ2n) is 2.60. The molecule has 0 aliphatic carbocycles. The number of rotatable bonds is 0. The molecule has 11 heavy (non-hydrogen) atoms. The summed E-state index contributed by atoms with van der Waals surface area (Å²) >= 11 is 1.43. The zero-order chi connectivity index (χ0) is 7.84. The lowest BCUT2D eigenvalue weighted by Gasteiger charge is -2.20. The number of nitrogens with zero attached hydrogens (tertiary/aromatic N) is 2. The predicted octanol–water partition coefficient (Wildman–Crippen LogP) is 0.771. The van der Waals surface area contributed by atoms with Gasteiger partial charge in [0.25, 0.3) is 5.91 Å². The summed E-state index contributed by atoms with van der Waals surface area (Å²) < 4.78 is 0. The molecule has 0 N–H and O–H groups in total. The van der Waals surface area contributed by atoms with Gasteiger partial charge in [0.15, 0.2) is 0 Å². The van der Waals surface area contributed by atoms with Crippen molar-refractivity contribution in [2.45, 2.75) is 6.42 Å². The molecule has 2 rings (SSSR count). The summed E-state index contributed by atoms with van der Waals surface area (Å²) in [5, 5.41) is 0. The predicted molar refractivity (Wildman–Crippen MR) is 42.8 cm³/mol. The third-order valence-corrected chi connectivity index (χ3v) is 2.72. The van der Waals surface area contributed by atoms with Crippen molar-refractivity contribution in [1.29, 1.82) is 0 Å². The molecule has 0 spiro atoms. The SMILES string of the molecule is CN1CCc2ncsc2C1=O. The van der Waals surface area contributed by atoms with Crippen molar-refractivity contribution in [2.24, 2.45) is 0 Å². The Balaban J connectivity index is 2.46. The summed E-state index contributed by atoms with van der Waals surface area (Å²) in [4.78, 5) is 18.0. The van der Waals surface area contributed by atoms with Crippen molar-refractivity contribution >= 4 is 17.2 Å². The van der Waals surface area contributed by atoms with Gasteiger partial charge in [0.05, 0.1) is 11.2 Å². The fraction of sp³-hybridized carbons (Fsp3) is 0.429. The molecule has 1 aromatic rings. The molecule has 0 radical (unpaired) electrons. The maximum atomic E-state index is 11.4. The quantitative estimate of drug-likeness (QED) is 0.573. The lowest BCUT2D eigenvalue weighted by Crippen LogP contribution is -2.33. The maximum absolute atomic E-state index is 11.4. The van der Waals surface area contributed by atoms with Crippen LogP contribution < -0.4 is 0 Å². The zero-order valence-electron chi connectivity index (χ0n) is 6.20. The first-order valence-electron chi connectivity index (χ1n) is 3.47. The average molecular weight is 168 g/mol. The van der Waals surface area contributed by atoms with Crippen LogP contribution in [0.3, 0.4) is 0 Å². The molecule has 0 atom stereocenters. The second-order valence-corrected chi connectivity index (χ2v) is 3.46.